The first-order valence-electron chi connectivity index (χ1n) is 15.6. The van der Waals surface area contributed by atoms with Gasteiger partial charge in [-0.3, -0.25) is 9.78 Å². The van der Waals surface area contributed by atoms with Crippen LogP contribution in [0.5, 0.6) is 5.75 Å². The summed E-state index contributed by atoms with van der Waals surface area (Å²) in [5.74, 6) is 0.295. The predicted octanol–water partition coefficient (Wildman–Crippen LogP) is 8.75. The quantitative estimate of drug-likeness (QED) is 0.224. The van der Waals surface area contributed by atoms with Gasteiger partial charge in [0.15, 0.2) is 0 Å². The smallest absolute Gasteiger partial charge is 0.417 e. The van der Waals surface area contributed by atoms with E-state index in [2.05, 4.69) is 20.0 Å². The Hall–Kier alpha value is -3.83. The Morgan fingerprint density at radius 1 is 0.913 bits per heavy atom. The molecule has 1 amide bonds. The zero-order valence-corrected chi connectivity index (χ0v) is 25.1. The summed E-state index contributed by atoms with van der Waals surface area (Å²) in [7, 11) is 0. The van der Waals surface area contributed by atoms with Crippen molar-refractivity contribution in [3.8, 4) is 5.75 Å². The Bertz CT molecular complexity index is 1570. The molecule has 6 saturated carbocycles. The summed E-state index contributed by atoms with van der Waals surface area (Å²) < 4.78 is 83.2. The van der Waals surface area contributed by atoms with Crippen LogP contribution in [0.25, 0.3) is 0 Å². The zero-order valence-electron chi connectivity index (χ0n) is 25.1. The Morgan fingerprint density at radius 2 is 1.63 bits per heavy atom. The highest BCUT2D eigenvalue weighted by molar-refractivity contribution is 5.95. The van der Waals surface area contributed by atoms with E-state index in [0.29, 0.717) is 48.7 Å². The van der Waals surface area contributed by atoms with Crippen LogP contribution in [0.4, 0.5) is 43.5 Å². The van der Waals surface area contributed by atoms with E-state index >= 15 is 0 Å². The van der Waals surface area contributed by atoms with Gasteiger partial charge in [0, 0.05) is 41.6 Å². The second-order valence-corrected chi connectivity index (χ2v) is 14.0. The van der Waals surface area contributed by atoms with Crippen LogP contribution in [0.3, 0.4) is 0 Å². The van der Waals surface area contributed by atoms with E-state index in [1.807, 2.05) is 29.2 Å². The van der Waals surface area contributed by atoms with Gasteiger partial charge in [-0.1, -0.05) is 6.07 Å². The highest BCUT2D eigenvalue weighted by Crippen LogP contribution is 2.71. The summed E-state index contributed by atoms with van der Waals surface area (Å²) in [6.07, 6.45) is 4.00. The maximum atomic E-state index is 14.3. The molecule has 244 valence electrons. The molecule has 46 heavy (non-hydrogen) atoms. The monoisotopic (exact) mass is 644 g/mol. The van der Waals surface area contributed by atoms with Crippen LogP contribution in [0.15, 0.2) is 60.9 Å². The molecule has 0 aliphatic heterocycles. The number of fused-ring (bicyclic) bond motifs is 3. The van der Waals surface area contributed by atoms with Crippen LogP contribution in [0.1, 0.15) is 75.5 Å². The number of hydrogen-bond donors (Lipinski definition) is 1. The van der Waals surface area contributed by atoms with E-state index in [1.165, 1.54) is 24.4 Å². The molecule has 0 atom stereocenters. The summed E-state index contributed by atoms with van der Waals surface area (Å²) in [5.41, 5.74) is -0.525. The maximum absolute atomic E-state index is 14.3. The number of ether oxygens (including phenoxy) is 1. The topological polar surface area (TPSA) is 67.4 Å². The molecule has 2 aromatic heterocycles. The lowest BCUT2D eigenvalue weighted by atomic mass is 9.41. The van der Waals surface area contributed by atoms with Gasteiger partial charge in [-0.25, -0.2) is 9.37 Å². The summed E-state index contributed by atoms with van der Waals surface area (Å²) in [6.45, 7) is -2.46. The van der Waals surface area contributed by atoms with Crippen LogP contribution in [0.2, 0.25) is 0 Å². The number of pyridine rings is 2. The molecule has 0 spiro atoms. The van der Waals surface area contributed by atoms with Crippen molar-refractivity contribution >= 4 is 23.1 Å². The van der Waals surface area contributed by atoms with E-state index in [-0.39, 0.29) is 34.3 Å². The third kappa shape index (κ3) is 5.79. The molecule has 0 unspecified atom stereocenters. The van der Waals surface area contributed by atoms with Gasteiger partial charge in [0.2, 0.25) is 5.91 Å². The Balaban J connectivity index is 1.09. The maximum Gasteiger partial charge on any atom is 0.417 e. The van der Waals surface area contributed by atoms with Crippen LogP contribution < -0.4 is 15.0 Å². The molecule has 6 fully saturated rings. The molecule has 6 aliphatic carbocycles. The fourth-order valence-corrected chi connectivity index (χ4v) is 8.41. The zero-order chi connectivity index (χ0) is 32.4. The van der Waals surface area contributed by atoms with Gasteiger partial charge in [-0.2, -0.15) is 22.0 Å². The molecule has 0 saturated heterocycles. The molecule has 1 N–H and O–H groups in total. The van der Waals surface area contributed by atoms with E-state index in [4.69, 9.17) is 0 Å². The molecule has 2 heterocycles. The standard InChI is InChI=1S/C34H34F6N4O2/c35-29(36)46-25-5-7-27(42-17-25)43-23-2-1-3-24(14-23)44(28(45)15-31-18-33(37,19-31)20-31)21-30-8-11-32(12-9-30,13-10-30)26-6-4-22(16-41-26)34(38,39)40/h1-7,14,16-17,29H,8-13,15,18-21H2,(H,42,43). The highest BCUT2D eigenvalue weighted by atomic mass is 19.4. The minimum atomic E-state index is -4.43. The third-order valence-corrected chi connectivity index (χ3v) is 10.8. The molecular weight excluding hydrogens is 610 g/mol. The van der Waals surface area contributed by atoms with Crippen LogP contribution in [0, 0.1) is 10.8 Å². The normalized spacial score (nSPS) is 29.5. The molecule has 12 heteroatoms. The first-order chi connectivity index (χ1) is 21.8. The van der Waals surface area contributed by atoms with Gasteiger partial charge in [0.1, 0.15) is 17.2 Å². The fourth-order valence-electron chi connectivity index (χ4n) is 8.41. The summed E-state index contributed by atoms with van der Waals surface area (Å²) in [6, 6.07) is 12.9. The van der Waals surface area contributed by atoms with Crippen molar-refractivity contribution in [2.45, 2.75) is 88.1 Å². The predicted molar refractivity (Wildman–Crippen MR) is 159 cm³/mol. The van der Waals surface area contributed by atoms with E-state index in [9.17, 15) is 31.1 Å². The van der Waals surface area contributed by atoms with Gasteiger partial charge in [0.05, 0.1) is 11.8 Å². The van der Waals surface area contributed by atoms with Gasteiger partial charge in [0.25, 0.3) is 0 Å². The van der Waals surface area contributed by atoms with Crippen molar-refractivity contribution in [3.63, 3.8) is 0 Å². The second kappa shape index (κ2) is 10.9. The number of aromatic nitrogens is 2. The van der Waals surface area contributed by atoms with Crippen molar-refractivity contribution in [1.82, 2.24) is 9.97 Å². The highest BCUT2D eigenvalue weighted by Gasteiger charge is 2.69. The molecule has 0 radical (unpaired) electrons. The summed E-state index contributed by atoms with van der Waals surface area (Å²) in [5, 5.41) is 3.15. The average molecular weight is 645 g/mol. The van der Waals surface area contributed by atoms with Crippen LogP contribution >= 0.6 is 0 Å². The van der Waals surface area contributed by atoms with Crippen molar-refractivity contribution in [3.05, 3.63) is 72.2 Å². The lowest BCUT2D eigenvalue weighted by Crippen LogP contribution is -2.65. The lowest BCUT2D eigenvalue weighted by Gasteiger charge is -2.66. The Labute approximate surface area is 262 Å². The Kier molecular flexibility index (Phi) is 7.28. The second-order valence-electron chi connectivity index (χ2n) is 14.0. The van der Waals surface area contributed by atoms with E-state index in [1.54, 1.807) is 0 Å². The SMILES string of the molecule is O=C(CC12CC(F)(C1)C2)N(CC12CCC(c3ccc(C(F)(F)F)cn3)(CC1)CC2)c1cccc(Nc2ccc(OC(F)F)cn2)c1. The van der Waals surface area contributed by atoms with E-state index < -0.39 is 24.0 Å². The number of benzene rings is 1. The average Bonchev–Trinajstić information content (AvgIpc) is 3.00. The number of hydrogen-bond acceptors (Lipinski definition) is 5. The van der Waals surface area contributed by atoms with Crippen LogP contribution in [-0.4, -0.2) is 34.7 Å². The number of rotatable bonds is 10. The largest absolute Gasteiger partial charge is 0.433 e. The molecule has 1 aromatic carbocycles. The van der Waals surface area contributed by atoms with Gasteiger partial charge in [-0.15, -0.1) is 0 Å². The summed E-state index contributed by atoms with van der Waals surface area (Å²) in [4.78, 5) is 24.2. The van der Waals surface area contributed by atoms with Gasteiger partial charge >= 0.3 is 12.8 Å². The van der Waals surface area contributed by atoms with Gasteiger partial charge in [-0.05, 0) is 111 Å². The number of carbonyl (C=O) groups excluding carboxylic acids is 1. The molecule has 9 rings (SSSR count). The molecule has 6 aliphatic rings. The third-order valence-electron chi connectivity index (χ3n) is 10.8. The number of halogens is 6. The number of carbonyl (C=O) groups is 1. The van der Waals surface area contributed by atoms with Crippen molar-refractivity contribution < 1.29 is 35.9 Å². The van der Waals surface area contributed by atoms with E-state index in [0.717, 1.165) is 50.8 Å². The van der Waals surface area contributed by atoms with Crippen molar-refractivity contribution in [2.75, 3.05) is 16.8 Å². The minimum absolute atomic E-state index is 0.0493. The first-order valence-corrected chi connectivity index (χ1v) is 15.6. The number of nitrogens with one attached hydrogen (secondary N) is 1. The minimum Gasteiger partial charge on any atom is -0.433 e. The Morgan fingerprint density at radius 3 is 2.20 bits per heavy atom. The number of amides is 1. The summed E-state index contributed by atoms with van der Waals surface area (Å²) >= 11 is 0. The lowest BCUT2D eigenvalue weighted by molar-refractivity contribution is -0.215. The van der Waals surface area contributed by atoms with Crippen molar-refractivity contribution in [2.24, 2.45) is 10.8 Å². The molecule has 3 aromatic rings. The van der Waals surface area contributed by atoms with Gasteiger partial charge < -0.3 is 15.0 Å². The number of alkyl halides is 6. The van der Waals surface area contributed by atoms with Crippen LogP contribution in [-0.2, 0) is 16.4 Å². The number of anilines is 3. The fraction of sp³-hybridized carbons (Fsp3) is 0.500. The molecule has 4 bridgehead atoms. The number of nitrogens with zero attached hydrogens (tertiary/aromatic N) is 3. The molecular formula is C34H34F6N4O2. The van der Waals surface area contributed by atoms with Crippen molar-refractivity contribution in [1.29, 1.82) is 0 Å². The molecule has 6 nitrogen and oxygen atoms in total. The first kappa shape index (κ1) is 30.8.